The molecule has 3 N–H and O–H groups in total. The number of carbonyl (C=O) groups excluding carboxylic acids is 1. The van der Waals surface area contributed by atoms with Gasteiger partial charge in [0.2, 0.25) is 0 Å². The van der Waals surface area contributed by atoms with E-state index in [1.807, 2.05) is 30.3 Å². The molecule has 0 aliphatic heterocycles. The molecule has 4 rings (SSSR count). The van der Waals surface area contributed by atoms with E-state index in [9.17, 15) is 13.2 Å². The van der Waals surface area contributed by atoms with Gasteiger partial charge in [-0.15, -0.1) is 11.3 Å². The zero-order valence-electron chi connectivity index (χ0n) is 15.0. The second-order valence-electron chi connectivity index (χ2n) is 6.30. The van der Waals surface area contributed by atoms with Gasteiger partial charge in [0.25, 0.3) is 15.9 Å². The van der Waals surface area contributed by atoms with E-state index in [0.29, 0.717) is 16.0 Å². The minimum Gasteiger partial charge on any atom is -0.288 e. The van der Waals surface area contributed by atoms with Gasteiger partial charge in [-0.05, 0) is 52.9 Å². The standard InChI is InChI=1S/C21H16N2O4S2/c24-21(22-25)20-13-16-12-17(8-11-19(16)28-20)23-29(26,27)18-9-6-15(7-10-18)14-4-2-1-3-5-14/h1-13,23,25H,(H,22,24). The molecule has 0 aliphatic rings. The summed E-state index contributed by atoms with van der Waals surface area (Å²) in [4.78, 5) is 12.0. The third-order valence-electron chi connectivity index (χ3n) is 4.37. The van der Waals surface area contributed by atoms with E-state index < -0.39 is 15.9 Å². The van der Waals surface area contributed by atoms with Crippen molar-refractivity contribution in [3.63, 3.8) is 0 Å². The van der Waals surface area contributed by atoms with E-state index in [0.717, 1.165) is 15.8 Å². The van der Waals surface area contributed by atoms with Crippen molar-refractivity contribution in [2.75, 3.05) is 4.72 Å². The number of amides is 1. The van der Waals surface area contributed by atoms with Gasteiger partial charge < -0.3 is 0 Å². The van der Waals surface area contributed by atoms with Gasteiger partial charge in [-0.2, -0.15) is 0 Å². The maximum absolute atomic E-state index is 12.7. The molecule has 1 amide bonds. The number of fused-ring (bicyclic) bond motifs is 1. The summed E-state index contributed by atoms with van der Waals surface area (Å²) in [6.07, 6.45) is 0. The molecule has 0 bridgehead atoms. The quantitative estimate of drug-likeness (QED) is 0.325. The molecule has 0 spiro atoms. The second kappa shape index (κ2) is 7.67. The molecule has 3 aromatic carbocycles. The molecular weight excluding hydrogens is 408 g/mol. The molecule has 146 valence electrons. The van der Waals surface area contributed by atoms with Crippen molar-refractivity contribution in [2.24, 2.45) is 0 Å². The first-order chi connectivity index (χ1) is 14.0. The Bertz CT molecular complexity index is 1280. The van der Waals surface area contributed by atoms with Crippen molar-refractivity contribution in [1.82, 2.24) is 5.48 Å². The van der Waals surface area contributed by atoms with Gasteiger partial charge in [0.05, 0.1) is 9.77 Å². The van der Waals surface area contributed by atoms with Crippen molar-refractivity contribution in [3.05, 3.63) is 83.7 Å². The van der Waals surface area contributed by atoms with Gasteiger partial charge in [-0.3, -0.25) is 14.7 Å². The molecule has 6 nitrogen and oxygen atoms in total. The normalized spacial score (nSPS) is 11.3. The lowest BCUT2D eigenvalue weighted by molar-refractivity contribution is 0.0711. The number of hydrogen-bond acceptors (Lipinski definition) is 5. The zero-order valence-corrected chi connectivity index (χ0v) is 16.6. The van der Waals surface area contributed by atoms with Crippen LogP contribution < -0.4 is 10.2 Å². The Balaban J connectivity index is 1.58. The van der Waals surface area contributed by atoms with Gasteiger partial charge in [0, 0.05) is 10.4 Å². The zero-order chi connectivity index (χ0) is 20.4. The summed E-state index contributed by atoms with van der Waals surface area (Å²) < 4.78 is 28.8. The molecular formula is C21H16N2O4S2. The smallest absolute Gasteiger partial charge is 0.284 e. The molecule has 29 heavy (non-hydrogen) atoms. The molecule has 1 aromatic heterocycles. The highest BCUT2D eigenvalue weighted by Gasteiger charge is 2.16. The summed E-state index contributed by atoms with van der Waals surface area (Å²) in [7, 11) is -3.76. The number of sulfonamides is 1. The minimum absolute atomic E-state index is 0.156. The average molecular weight is 425 g/mol. The summed E-state index contributed by atoms with van der Waals surface area (Å²) in [6.45, 7) is 0. The van der Waals surface area contributed by atoms with E-state index in [4.69, 9.17) is 5.21 Å². The van der Waals surface area contributed by atoms with E-state index >= 15 is 0 Å². The number of carbonyl (C=O) groups is 1. The molecule has 0 fully saturated rings. The Kier molecular flexibility index (Phi) is 5.06. The molecule has 4 aromatic rings. The number of rotatable bonds is 5. The topological polar surface area (TPSA) is 95.5 Å². The van der Waals surface area contributed by atoms with Crippen LogP contribution in [0, 0.1) is 0 Å². The highest BCUT2D eigenvalue weighted by Crippen LogP contribution is 2.29. The number of benzene rings is 3. The largest absolute Gasteiger partial charge is 0.288 e. The summed E-state index contributed by atoms with van der Waals surface area (Å²) in [5.74, 6) is -0.605. The van der Waals surface area contributed by atoms with Crippen LogP contribution >= 0.6 is 11.3 Å². The van der Waals surface area contributed by atoms with Crippen molar-refractivity contribution >= 4 is 43.0 Å². The molecule has 0 saturated carbocycles. The van der Waals surface area contributed by atoms with E-state index in [1.165, 1.54) is 11.3 Å². The Morgan fingerprint density at radius 3 is 2.24 bits per heavy atom. The molecule has 1 heterocycles. The number of anilines is 1. The van der Waals surface area contributed by atoms with Crippen molar-refractivity contribution in [1.29, 1.82) is 0 Å². The fourth-order valence-corrected chi connectivity index (χ4v) is 4.93. The van der Waals surface area contributed by atoms with Crippen LogP contribution in [0.3, 0.4) is 0 Å². The highest BCUT2D eigenvalue weighted by molar-refractivity contribution is 7.92. The van der Waals surface area contributed by atoms with Crippen LogP contribution in [0.2, 0.25) is 0 Å². The fraction of sp³-hybridized carbons (Fsp3) is 0. The van der Waals surface area contributed by atoms with Gasteiger partial charge in [0.15, 0.2) is 0 Å². The van der Waals surface area contributed by atoms with Gasteiger partial charge >= 0.3 is 0 Å². The summed E-state index contributed by atoms with van der Waals surface area (Å²) in [5, 5.41) is 9.46. The average Bonchev–Trinajstić information content (AvgIpc) is 3.17. The lowest BCUT2D eigenvalue weighted by atomic mass is 10.1. The van der Waals surface area contributed by atoms with E-state index in [1.54, 1.807) is 54.0 Å². The maximum Gasteiger partial charge on any atom is 0.284 e. The monoisotopic (exact) mass is 424 g/mol. The van der Waals surface area contributed by atoms with Crippen molar-refractivity contribution in [2.45, 2.75) is 4.90 Å². The molecule has 0 saturated heterocycles. The number of hydrogen-bond donors (Lipinski definition) is 3. The molecule has 0 atom stereocenters. The van der Waals surface area contributed by atoms with Crippen LogP contribution in [0.5, 0.6) is 0 Å². The minimum atomic E-state index is -3.76. The Hall–Kier alpha value is -3.20. The van der Waals surface area contributed by atoms with Gasteiger partial charge in [-0.1, -0.05) is 42.5 Å². The van der Waals surface area contributed by atoms with Crippen LogP contribution in [-0.2, 0) is 10.0 Å². The number of thiophene rings is 1. The molecule has 0 unspecified atom stereocenters. The third-order valence-corrected chi connectivity index (χ3v) is 6.88. The lowest BCUT2D eigenvalue weighted by Crippen LogP contribution is -2.16. The van der Waals surface area contributed by atoms with Crippen LogP contribution in [-0.4, -0.2) is 19.5 Å². The highest BCUT2D eigenvalue weighted by atomic mass is 32.2. The Labute approximate surface area is 171 Å². The Morgan fingerprint density at radius 2 is 1.55 bits per heavy atom. The number of nitrogens with one attached hydrogen (secondary N) is 2. The maximum atomic E-state index is 12.7. The van der Waals surface area contributed by atoms with E-state index in [-0.39, 0.29) is 4.90 Å². The van der Waals surface area contributed by atoms with Crippen LogP contribution in [0.4, 0.5) is 5.69 Å². The first-order valence-electron chi connectivity index (χ1n) is 8.62. The molecule has 8 heteroatoms. The van der Waals surface area contributed by atoms with Crippen LogP contribution in [0.1, 0.15) is 9.67 Å². The SMILES string of the molecule is O=C(NO)c1cc2cc(NS(=O)(=O)c3ccc(-c4ccccc4)cc3)ccc2s1. The Morgan fingerprint density at radius 1 is 0.862 bits per heavy atom. The summed E-state index contributed by atoms with van der Waals surface area (Å²) in [5.41, 5.74) is 3.92. The summed E-state index contributed by atoms with van der Waals surface area (Å²) in [6, 6.07) is 23.0. The fourth-order valence-electron chi connectivity index (χ4n) is 2.95. The predicted molar refractivity (Wildman–Crippen MR) is 114 cm³/mol. The third kappa shape index (κ3) is 4.00. The second-order valence-corrected chi connectivity index (χ2v) is 9.07. The van der Waals surface area contributed by atoms with Crippen molar-refractivity contribution in [3.8, 4) is 11.1 Å². The molecule has 0 radical (unpaired) electrons. The molecule has 0 aliphatic carbocycles. The van der Waals surface area contributed by atoms with Crippen LogP contribution in [0.25, 0.3) is 21.2 Å². The number of hydroxylamine groups is 1. The van der Waals surface area contributed by atoms with Crippen LogP contribution in [0.15, 0.2) is 83.8 Å². The van der Waals surface area contributed by atoms with Gasteiger partial charge in [-0.25, -0.2) is 13.9 Å². The first kappa shape index (κ1) is 19.1. The summed E-state index contributed by atoms with van der Waals surface area (Å²) >= 11 is 1.20. The predicted octanol–water partition coefficient (Wildman–Crippen LogP) is 4.49. The first-order valence-corrected chi connectivity index (χ1v) is 10.9. The lowest BCUT2D eigenvalue weighted by Gasteiger charge is -2.09. The van der Waals surface area contributed by atoms with Crippen molar-refractivity contribution < 1.29 is 18.4 Å². The van der Waals surface area contributed by atoms with E-state index in [2.05, 4.69) is 4.72 Å². The van der Waals surface area contributed by atoms with Gasteiger partial charge in [0.1, 0.15) is 0 Å².